The topological polar surface area (TPSA) is 102 Å². The van der Waals surface area contributed by atoms with Gasteiger partial charge >= 0.3 is 0 Å². The van der Waals surface area contributed by atoms with Gasteiger partial charge in [-0.2, -0.15) is 0 Å². The van der Waals surface area contributed by atoms with Crippen molar-refractivity contribution in [3.63, 3.8) is 0 Å². The molecule has 0 bridgehead atoms. The van der Waals surface area contributed by atoms with E-state index in [1.54, 1.807) is 12.1 Å². The van der Waals surface area contributed by atoms with Gasteiger partial charge in [-0.15, -0.1) is 11.3 Å². The summed E-state index contributed by atoms with van der Waals surface area (Å²) in [5.74, 6) is -0.496. The molecule has 3 N–H and O–H groups in total. The first kappa shape index (κ1) is 20.0. The van der Waals surface area contributed by atoms with E-state index in [-0.39, 0.29) is 10.5 Å². The Morgan fingerprint density at radius 2 is 1.89 bits per heavy atom. The Bertz CT molecular complexity index is 1130. The molecule has 0 unspecified atom stereocenters. The lowest BCUT2D eigenvalue weighted by molar-refractivity contribution is 0.102. The molecule has 0 aliphatic rings. The van der Waals surface area contributed by atoms with E-state index in [4.69, 9.17) is 16.7 Å². The maximum absolute atomic E-state index is 12.6. The summed E-state index contributed by atoms with van der Waals surface area (Å²) in [7, 11) is -3.92. The van der Waals surface area contributed by atoms with Crippen LogP contribution >= 0.6 is 38.9 Å². The Morgan fingerprint density at radius 3 is 2.52 bits per heavy atom. The standard InChI is InChI=1S/C17H13BrClN3O3S2/c1-9-15(10-2-4-11(19)5-3-10)21-17(26-9)22-16(23)13-8-12(27(20,24)25)6-7-14(13)18/h2-8H,1H3,(H2,20,24,25)(H,21,22,23). The van der Waals surface area contributed by atoms with Crippen LogP contribution in [0.25, 0.3) is 11.3 Å². The highest BCUT2D eigenvalue weighted by molar-refractivity contribution is 9.10. The Balaban J connectivity index is 1.89. The van der Waals surface area contributed by atoms with Crippen molar-refractivity contribution < 1.29 is 13.2 Å². The Morgan fingerprint density at radius 1 is 1.22 bits per heavy atom. The second-order valence-corrected chi connectivity index (χ2v) is 9.63. The number of primary sulfonamides is 1. The Labute approximate surface area is 173 Å². The Hall–Kier alpha value is -1.78. The summed E-state index contributed by atoms with van der Waals surface area (Å²) < 4.78 is 23.5. The van der Waals surface area contributed by atoms with Gasteiger partial charge in [0.1, 0.15) is 0 Å². The first-order valence-corrected chi connectivity index (χ1v) is 11.1. The monoisotopic (exact) mass is 485 g/mol. The molecule has 1 amide bonds. The van der Waals surface area contributed by atoms with E-state index in [2.05, 4.69) is 26.2 Å². The van der Waals surface area contributed by atoms with Crippen molar-refractivity contribution in [2.75, 3.05) is 5.32 Å². The van der Waals surface area contributed by atoms with Crippen molar-refractivity contribution in [2.45, 2.75) is 11.8 Å². The van der Waals surface area contributed by atoms with Crippen molar-refractivity contribution in [1.82, 2.24) is 4.98 Å². The summed E-state index contributed by atoms with van der Waals surface area (Å²) >= 11 is 10.5. The third kappa shape index (κ3) is 4.56. The first-order valence-electron chi connectivity index (χ1n) is 7.52. The maximum Gasteiger partial charge on any atom is 0.258 e. The summed E-state index contributed by atoms with van der Waals surface area (Å²) in [4.78, 5) is 17.8. The number of carbonyl (C=O) groups excluding carboxylic acids is 1. The van der Waals surface area contributed by atoms with Crippen LogP contribution in [0.4, 0.5) is 5.13 Å². The predicted octanol–water partition coefficient (Wildman–Crippen LogP) is 4.43. The van der Waals surface area contributed by atoms with Crippen LogP contribution in [0.15, 0.2) is 51.8 Å². The fourth-order valence-electron chi connectivity index (χ4n) is 2.35. The fourth-order valence-corrected chi connectivity index (χ4v) is 4.27. The van der Waals surface area contributed by atoms with Crippen LogP contribution in [0.1, 0.15) is 15.2 Å². The summed E-state index contributed by atoms with van der Waals surface area (Å²) in [6.45, 7) is 1.90. The lowest BCUT2D eigenvalue weighted by atomic mass is 10.1. The normalized spacial score (nSPS) is 11.4. The quantitative estimate of drug-likeness (QED) is 0.569. The van der Waals surface area contributed by atoms with Crippen LogP contribution in [0.2, 0.25) is 5.02 Å². The molecule has 27 heavy (non-hydrogen) atoms. The lowest BCUT2D eigenvalue weighted by Gasteiger charge is -2.06. The molecular formula is C17H13BrClN3O3S2. The highest BCUT2D eigenvalue weighted by Crippen LogP contribution is 2.31. The third-order valence-electron chi connectivity index (χ3n) is 3.65. The zero-order chi connectivity index (χ0) is 19.8. The SMILES string of the molecule is Cc1sc(NC(=O)c2cc(S(N)(=O)=O)ccc2Br)nc1-c1ccc(Cl)cc1. The summed E-state index contributed by atoms with van der Waals surface area (Å²) in [6, 6.07) is 11.2. The number of nitrogens with two attached hydrogens (primary N) is 1. The van der Waals surface area contributed by atoms with Gasteiger partial charge in [0.15, 0.2) is 5.13 Å². The molecular weight excluding hydrogens is 474 g/mol. The van der Waals surface area contributed by atoms with E-state index in [9.17, 15) is 13.2 Å². The highest BCUT2D eigenvalue weighted by Gasteiger charge is 2.18. The van der Waals surface area contributed by atoms with Crippen molar-refractivity contribution in [3.8, 4) is 11.3 Å². The molecule has 0 radical (unpaired) electrons. The molecule has 1 heterocycles. The summed E-state index contributed by atoms with van der Waals surface area (Å²) in [5.41, 5.74) is 1.76. The number of hydrogen-bond donors (Lipinski definition) is 2. The number of aromatic nitrogens is 1. The molecule has 2 aromatic carbocycles. The number of halogens is 2. The molecule has 3 aromatic rings. The fraction of sp³-hybridized carbons (Fsp3) is 0.0588. The van der Waals surface area contributed by atoms with Gasteiger partial charge in [0.2, 0.25) is 10.0 Å². The molecule has 0 spiro atoms. The zero-order valence-electron chi connectivity index (χ0n) is 13.9. The van der Waals surface area contributed by atoms with E-state index < -0.39 is 15.9 Å². The number of hydrogen-bond acceptors (Lipinski definition) is 5. The maximum atomic E-state index is 12.6. The van der Waals surface area contributed by atoms with E-state index >= 15 is 0 Å². The average molecular weight is 487 g/mol. The third-order valence-corrected chi connectivity index (χ3v) is 6.39. The molecule has 140 valence electrons. The van der Waals surface area contributed by atoms with Crippen LogP contribution in [0.5, 0.6) is 0 Å². The number of benzene rings is 2. The second-order valence-electron chi connectivity index (χ2n) is 5.57. The number of rotatable bonds is 4. The number of thiazole rings is 1. The molecule has 6 nitrogen and oxygen atoms in total. The molecule has 10 heteroatoms. The van der Waals surface area contributed by atoms with Crippen LogP contribution in [-0.4, -0.2) is 19.3 Å². The second kappa shape index (κ2) is 7.69. The number of aryl methyl sites for hydroxylation is 1. The summed E-state index contributed by atoms with van der Waals surface area (Å²) in [6.07, 6.45) is 0. The van der Waals surface area contributed by atoms with Crippen molar-refractivity contribution in [2.24, 2.45) is 5.14 Å². The number of nitrogens with one attached hydrogen (secondary N) is 1. The highest BCUT2D eigenvalue weighted by atomic mass is 79.9. The molecule has 0 fully saturated rings. The van der Waals surface area contributed by atoms with Gasteiger partial charge in [-0.3, -0.25) is 10.1 Å². The van der Waals surface area contributed by atoms with E-state index in [1.165, 1.54) is 29.5 Å². The summed E-state index contributed by atoms with van der Waals surface area (Å²) in [5, 5.41) is 8.85. The van der Waals surface area contributed by atoms with Crippen LogP contribution in [-0.2, 0) is 10.0 Å². The number of carbonyl (C=O) groups is 1. The van der Waals surface area contributed by atoms with Gasteiger partial charge in [0.05, 0.1) is 16.2 Å². The minimum atomic E-state index is -3.92. The van der Waals surface area contributed by atoms with Crippen molar-refractivity contribution >= 4 is 59.9 Å². The smallest absolute Gasteiger partial charge is 0.258 e. The molecule has 0 saturated heterocycles. The predicted molar refractivity (Wildman–Crippen MR) is 111 cm³/mol. The number of amides is 1. The van der Waals surface area contributed by atoms with Crippen molar-refractivity contribution in [1.29, 1.82) is 0 Å². The Kier molecular flexibility index (Phi) is 5.68. The minimum Gasteiger partial charge on any atom is -0.298 e. The van der Waals surface area contributed by atoms with Gasteiger partial charge in [-0.25, -0.2) is 18.5 Å². The molecule has 0 aliphatic heterocycles. The molecule has 0 aliphatic carbocycles. The number of sulfonamides is 1. The molecule has 0 saturated carbocycles. The minimum absolute atomic E-state index is 0.141. The van der Waals surface area contributed by atoms with Gasteiger partial charge in [-0.1, -0.05) is 23.7 Å². The van der Waals surface area contributed by atoms with Crippen molar-refractivity contribution in [3.05, 3.63) is 62.4 Å². The molecule has 0 atom stereocenters. The van der Waals surface area contributed by atoms with Gasteiger partial charge in [0, 0.05) is 19.9 Å². The van der Waals surface area contributed by atoms with Gasteiger partial charge in [0.25, 0.3) is 5.91 Å². The molecule has 3 rings (SSSR count). The van der Waals surface area contributed by atoms with E-state index in [0.29, 0.717) is 14.6 Å². The zero-order valence-corrected chi connectivity index (χ0v) is 17.8. The number of nitrogens with zero attached hydrogens (tertiary/aromatic N) is 1. The average Bonchev–Trinajstić information content (AvgIpc) is 2.95. The van der Waals surface area contributed by atoms with E-state index in [0.717, 1.165) is 16.1 Å². The van der Waals surface area contributed by atoms with E-state index in [1.807, 2.05) is 19.1 Å². The lowest BCUT2D eigenvalue weighted by Crippen LogP contribution is -2.16. The van der Waals surface area contributed by atoms with Crippen LogP contribution < -0.4 is 10.5 Å². The molecule has 1 aromatic heterocycles. The first-order chi connectivity index (χ1) is 12.6. The van der Waals surface area contributed by atoms with Crippen LogP contribution in [0, 0.1) is 6.92 Å². The van der Waals surface area contributed by atoms with Crippen LogP contribution in [0.3, 0.4) is 0 Å². The van der Waals surface area contributed by atoms with Gasteiger partial charge in [-0.05, 0) is 53.2 Å². The van der Waals surface area contributed by atoms with Gasteiger partial charge < -0.3 is 0 Å². The largest absolute Gasteiger partial charge is 0.298 e. The number of anilines is 1.